The van der Waals surface area contributed by atoms with E-state index in [1.165, 1.54) is 4.68 Å². The number of Topliss-reactive ketones (excluding diaryl/α,β-unsaturated/α-hetero) is 1. The van der Waals surface area contributed by atoms with Crippen molar-refractivity contribution < 1.29 is 4.79 Å². The molecule has 0 spiro atoms. The minimum Gasteiger partial charge on any atom is -0.294 e. The third kappa shape index (κ3) is 2.60. The standard InChI is InChI=1S/C20H17N5O2S/c1-10-6-11(2)23-20(22-10)25-19(27)17-13-7-12(16-4-3-5-28-16)8-15(26)14(13)9-21-18(17)24-25/h3-6,9,12H,7-8H2,1-2H3,(H,21,24)/t12-/m1/s1. The molecule has 0 unspecified atom stereocenters. The molecule has 1 atom stereocenters. The molecule has 1 aliphatic rings. The summed E-state index contributed by atoms with van der Waals surface area (Å²) in [6.07, 6.45) is 2.66. The van der Waals surface area contributed by atoms with Crippen molar-refractivity contribution >= 4 is 28.2 Å². The lowest BCUT2D eigenvalue weighted by Gasteiger charge is -2.22. The first-order valence-corrected chi connectivity index (χ1v) is 9.91. The summed E-state index contributed by atoms with van der Waals surface area (Å²) in [5.74, 6) is 0.404. The Balaban J connectivity index is 1.71. The summed E-state index contributed by atoms with van der Waals surface area (Å²) in [6.45, 7) is 3.71. The fourth-order valence-corrected chi connectivity index (χ4v) is 4.74. The third-order valence-electron chi connectivity index (χ3n) is 5.12. The molecule has 0 saturated carbocycles. The van der Waals surface area contributed by atoms with Crippen molar-refractivity contribution in [2.75, 3.05) is 0 Å². The zero-order valence-corrected chi connectivity index (χ0v) is 16.2. The largest absolute Gasteiger partial charge is 0.294 e. The number of carbonyl (C=O) groups excluding carboxylic acids is 1. The van der Waals surface area contributed by atoms with E-state index < -0.39 is 0 Å². The summed E-state index contributed by atoms with van der Waals surface area (Å²) >= 11 is 1.64. The van der Waals surface area contributed by atoms with Crippen LogP contribution in [-0.4, -0.2) is 30.5 Å². The molecule has 4 aromatic heterocycles. The number of rotatable bonds is 2. The maximum absolute atomic E-state index is 13.2. The Labute approximate surface area is 164 Å². The fraction of sp³-hybridized carbons (Fsp3) is 0.250. The summed E-state index contributed by atoms with van der Waals surface area (Å²) in [4.78, 5) is 40.2. The van der Waals surface area contributed by atoms with Crippen molar-refractivity contribution in [1.82, 2.24) is 24.7 Å². The van der Waals surface area contributed by atoms with Crippen LogP contribution in [0, 0.1) is 13.8 Å². The molecule has 0 aliphatic heterocycles. The van der Waals surface area contributed by atoms with Gasteiger partial charge in [0.25, 0.3) is 11.5 Å². The number of nitrogens with one attached hydrogen (secondary N) is 1. The van der Waals surface area contributed by atoms with E-state index in [-0.39, 0.29) is 23.2 Å². The van der Waals surface area contributed by atoms with Crippen LogP contribution in [0.15, 0.2) is 34.6 Å². The molecule has 7 nitrogen and oxygen atoms in total. The van der Waals surface area contributed by atoms with Crippen molar-refractivity contribution in [3.8, 4) is 5.95 Å². The second kappa shape index (κ2) is 6.20. The number of aromatic nitrogens is 5. The van der Waals surface area contributed by atoms with Crippen LogP contribution in [0.4, 0.5) is 0 Å². The molecule has 0 fully saturated rings. The van der Waals surface area contributed by atoms with E-state index in [1.807, 2.05) is 37.4 Å². The van der Waals surface area contributed by atoms with Crippen LogP contribution in [0.25, 0.3) is 17.0 Å². The van der Waals surface area contributed by atoms with Crippen molar-refractivity contribution in [1.29, 1.82) is 0 Å². The van der Waals surface area contributed by atoms with E-state index in [4.69, 9.17) is 0 Å². The normalized spacial score (nSPS) is 16.5. The van der Waals surface area contributed by atoms with E-state index in [0.717, 1.165) is 21.8 Å². The molecule has 0 radical (unpaired) electrons. The summed E-state index contributed by atoms with van der Waals surface area (Å²) in [5, 5.41) is 5.47. The molecule has 0 amide bonds. The second-order valence-electron chi connectivity index (χ2n) is 7.12. The van der Waals surface area contributed by atoms with E-state index in [2.05, 4.69) is 20.1 Å². The molecule has 0 bridgehead atoms. The zero-order chi connectivity index (χ0) is 19.4. The Hall–Kier alpha value is -3.13. The molecule has 4 aromatic rings. The van der Waals surface area contributed by atoms with E-state index in [9.17, 15) is 9.59 Å². The van der Waals surface area contributed by atoms with Gasteiger partial charge in [-0.3, -0.25) is 14.7 Å². The number of nitrogens with zero attached hydrogens (tertiary/aromatic N) is 4. The van der Waals surface area contributed by atoms with Gasteiger partial charge in [0, 0.05) is 40.4 Å². The minimum absolute atomic E-state index is 0.0313. The van der Waals surface area contributed by atoms with Gasteiger partial charge in [0.05, 0.1) is 5.39 Å². The lowest BCUT2D eigenvalue weighted by Crippen LogP contribution is -2.22. The van der Waals surface area contributed by atoms with Gasteiger partial charge in [-0.25, -0.2) is 15.0 Å². The van der Waals surface area contributed by atoms with Crippen LogP contribution in [0.1, 0.15) is 44.5 Å². The van der Waals surface area contributed by atoms with Crippen LogP contribution in [0.2, 0.25) is 0 Å². The highest BCUT2D eigenvalue weighted by Crippen LogP contribution is 2.36. The Morgan fingerprint density at radius 1 is 1.18 bits per heavy atom. The summed E-state index contributed by atoms with van der Waals surface area (Å²) in [6, 6.07) is 5.88. The summed E-state index contributed by atoms with van der Waals surface area (Å²) in [5.41, 5.74) is 3.04. The Morgan fingerprint density at radius 2 is 1.96 bits per heavy atom. The Kier molecular flexibility index (Phi) is 3.77. The molecule has 1 N–H and O–H groups in total. The van der Waals surface area contributed by atoms with E-state index >= 15 is 0 Å². The lowest BCUT2D eigenvalue weighted by molar-refractivity contribution is 0.0965. The SMILES string of the molecule is Cc1cc(C)nc(-n2[nH]c3ncc4c(c3c2=O)C[C@@H](c2cccs2)CC4=O)n1. The predicted octanol–water partition coefficient (Wildman–Crippen LogP) is 3.09. The first-order chi connectivity index (χ1) is 13.5. The van der Waals surface area contributed by atoms with Gasteiger partial charge >= 0.3 is 0 Å². The fourth-order valence-electron chi connectivity index (χ4n) is 3.91. The molecular weight excluding hydrogens is 374 g/mol. The molecule has 8 heteroatoms. The molecule has 4 heterocycles. The number of ketones is 1. The van der Waals surface area contributed by atoms with Gasteiger partial charge < -0.3 is 0 Å². The highest BCUT2D eigenvalue weighted by Gasteiger charge is 2.30. The molecule has 0 saturated heterocycles. The Morgan fingerprint density at radius 3 is 2.68 bits per heavy atom. The average molecular weight is 391 g/mol. The number of aromatic amines is 1. The maximum Gasteiger partial charge on any atom is 0.283 e. The quantitative estimate of drug-likeness (QED) is 0.567. The molecule has 0 aromatic carbocycles. The molecule has 1 aliphatic carbocycles. The van der Waals surface area contributed by atoms with Crippen LogP contribution in [0.5, 0.6) is 0 Å². The first-order valence-electron chi connectivity index (χ1n) is 9.03. The van der Waals surface area contributed by atoms with Crippen LogP contribution in [0.3, 0.4) is 0 Å². The number of thiophene rings is 1. The number of carbonyl (C=O) groups is 1. The van der Waals surface area contributed by atoms with Gasteiger partial charge in [-0.1, -0.05) is 6.07 Å². The monoisotopic (exact) mass is 391 g/mol. The van der Waals surface area contributed by atoms with E-state index in [1.54, 1.807) is 17.5 Å². The van der Waals surface area contributed by atoms with Gasteiger partial charge in [-0.15, -0.1) is 11.3 Å². The molecule has 5 rings (SSSR count). The van der Waals surface area contributed by atoms with Crippen LogP contribution in [-0.2, 0) is 6.42 Å². The predicted molar refractivity (Wildman–Crippen MR) is 106 cm³/mol. The van der Waals surface area contributed by atoms with Crippen LogP contribution < -0.4 is 5.56 Å². The average Bonchev–Trinajstić information content (AvgIpc) is 3.29. The lowest BCUT2D eigenvalue weighted by atomic mass is 9.82. The number of hydrogen-bond donors (Lipinski definition) is 1. The minimum atomic E-state index is -0.274. The summed E-state index contributed by atoms with van der Waals surface area (Å²) in [7, 11) is 0. The third-order valence-corrected chi connectivity index (χ3v) is 6.15. The van der Waals surface area contributed by atoms with E-state index in [0.29, 0.717) is 29.4 Å². The second-order valence-corrected chi connectivity index (χ2v) is 8.10. The highest BCUT2D eigenvalue weighted by molar-refractivity contribution is 7.10. The molecule has 28 heavy (non-hydrogen) atoms. The van der Waals surface area contributed by atoms with Crippen molar-refractivity contribution in [2.24, 2.45) is 0 Å². The Bertz CT molecular complexity index is 1270. The molecule has 140 valence electrons. The highest BCUT2D eigenvalue weighted by atomic mass is 32.1. The molecular formula is C20H17N5O2S. The zero-order valence-electron chi connectivity index (χ0n) is 15.4. The topological polar surface area (TPSA) is 93.5 Å². The maximum atomic E-state index is 13.2. The number of aryl methyl sites for hydroxylation is 2. The van der Waals surface area contributed by atoms with Crippen molar-refractivity contribution in [2.45, 2.75) is 32.6 Å². The number of fused-ring (bicyclic) bond motifs is 3. The number of pyridine rings is 1. The van der Waals surface area contributed by atoms with Gasteiger partial charge in [-0.2, -0.15) is 4.68 Å². The van der Waals surface area contributed by atoms with Gasteiger partial charge in [0.2, 0.25) is 0 Å². The summed E-state index contributed by atoms with van der Waals surface area (Å²) < 4.78 is 1.32. The smallest absolute Gasteiger partial charge is 0.283 e. The van der Waals surface area contributed by atoms with Crippen LogP contribution >= 0.6 is 11.3 Å². The first kappa shape index (κ1) is 17.0. The number of hydrogen-bond acceptors (Lipinski definition) is 6. The van der Waals surface area contributed by atoms with Gasteiger partial charge in [-0.05, 0) is 43.3 Å². The van der Waals surface area contributed by atoms with Gasteiger partial charge in [0.15, 0.2) is 11.4 Å². The van der Waals surface area contributed by atoms with Crippen molar-refractivity contribution in [3.63, 3.8) is 0 Å². The number of H-pyrrole nitrogens is 1. The van der Waals surface area contributed by atoms with Crippen molar-refractivity contribution in [3.05, 3.63) is 67.5 Å². The van der Waals surface area contributed by atoms with Gasteiger partial charge in [0.1, 0.15) is 0 Å².